The third-order valence-corrected chi connectivity index (χ3v) is 2.73. The van der Waals surface area contributed by atoms with E-state index in [9.17, 15) is 4.39 Å². The van der Waals surface area contributed by atoms with Gasteiger partial charge in [-0.1, -0.05) is 36.4 Å². The number of benzene rings is 2. The first-order valence-corrected chi connectivity index (χ1v) is 5.02. The summed E-state index contributed by atoms with van der Waals surface area (Å²) < 4.78 is 14.0. The quantitative estimate of drug-likeness (QED) is 0.797. The van der Waals surface area contributed by atoms with Crippen LogP contribution in [0.3, 0.4) is 0 Å². The number of fused-ring (bicyclic) bond motifs is 1. The van der Waals surface area contributed by atoms with Gasteiger partial charge in [-0.25, -0.2) is 4.39 Å². The van der Waals surface area contributed by atoms with Gasteiger partial charge >= 0.3 is 0 Å². The highest BCUT2D eigenvalue weighted by Crippen LogP contribution is 2.27. The van der Waals surface area contributed by atoms with Crippen LogP contribution in [0.5, 0.6) is 0 Å². The van der Waals surface area contributed by atoms with Gasteiger partial charge in [-0.05, 0) is 29.3 Å². The molecule has 0 radical (unpaired) electrons. The molecule has 78 valence electrons. The van der Waals surface area contributed by atoms with E-state index in [-0.39, 0.29) is 6.54 Å². The lowest BCUT2D eigenvalue weighted by Gasteiger charge is -2.18. The van der Waals surface area contributed by atoms with Crippen molar-refractivity contribution in [3.8, 4) is 0 Å². The summed E-state index contributed by atoms with van der Waals surface area (Å²) in [6, 6.07) is 13.5. The van der Waals surface area contributed by atoms with E-state index in [4.69, 9.17) is 5.73 Å². The van der Waals surface area contributed by atoms with Crippen LogP contribution in [0, 0.1) is 0 Å². The Balaban J connectivity index is 2.56. The molecule has 1 atom stereocenters. The molecule has 1 unspecified atom stereocenters. The Bertz CT molecular complexity index is 477. The second-order valence-electron chi connectivity index (χ2n) is 3.96. The molecule has 0 aliphatic heterocycles. The van der Waals surface area contributed by atoms with Gasteiger partial charge < -0.3 is 5.73 Å². The SMILES string of the molecule is CC(F)(CN)c1ccc2ccccc2c1. The van der Waals surface area contributed by atoms with E-state index in [0.717, 1.165) is 10.8 Å². The third-order valence-electron chi connectivity index (χ3n) is 2.73. The second kappa shape index (κ2) is 3.63. The van der Waals surface area contributed by atoms with E-state index in [2.05, 4.69) is 0 Å². The highest BCUT2D eigenvalue weighted by atomic mass is 19.1. The first-order chi connectivity index (χ1) is 7.13. The predicted molar refractivity (Wildman–Crippen MR) is 61.5 cm³/mol. The third kappa shape index (κ3) is 1.85. The molecule has 0 aliphatic rings. The molecule has 2 aromatic rings. The summed E-state index contributed by atoms with van der Waals surface area (Å²) in [4.78, 5) is 0. The topological polar surface area (TPSA) is 26.0 Å². The van der Waals surface area contributed by atoms with Crippen molar-refractivity contribution in [2.24, 2.45) is 5.73 Å². The van der Waals surface area contributed by atoms with Crippen LogP contribution in [0.1, 0.15) is 12.5 Å². The van der Waals surface area contributed by atoms with Crippen molar-refractivity contribution in [3.63, 3.8) is 0 Å². The highest BCUT2D eigenvalue weighted by Gasteiger charge is 2.23. The summed E-state index contributed by atoms with van der Waals surface area (Å²) in [7, 11) is 0. The second-order valence-corrected chi connectivity index (χ2v) is 3.96. The number of nitrogens with two attached hydrogens (primary N) is 1. The van der Waals surface area contributed by atoms with Gasteiger partial charge in [0.1, 0.15) is 5.67 Å². The number of rotatable bonds is 2. The molecule has 2 N–H and O–H groups in total. The Hall–Kier alpha value is -1.41. The molecular formula is C13H14FN. The predicted octanol–water partition coefficient (Wildman–Crippen LogP) is 2.98. The summed E-state index contributed by atoms with van der Waals surface area (Å²) in [6.45, 7) is 1.52. The zero-order valence-corrected chi connectivity index (χ0v) is 8.70. The molecule has 0 fully saturated rings. The first kappa shape index (κ1) is 10.1. The van der Waals surface area contributed by atoms with E-state index in [1.54, 1.807) is 6.07 Å². The Morgan fingerprint density at radius 1 is 1.13 bits per heavy atom. The number of alkyl halides is 1. The smallest absolute Gasteiger partial charge is 0.145 e. The van der Waals surface area contributed by atoms with Crippen molar-refractivity contribution in [1.82, 2.24) is 0 Å². The van der Waals surface area contributed by atoms with E-state index in [0.29, 0.717) is 5.56 Å². The van der Waals surface area contributed by atoms with Gasteiger partial charge in [0.05, 0.1) is 0 Å². The molecule has 0 aliphatic carbocycles. The van der Waals surface area contributed by atoms with Crippen molar-refractivity contribution < 1.29 is 4.39 Å². The lowest BCUT2D eigenvalue weighted by atomic mass is 9.95. The number of hydrogen-bond donors (Lipinski definition) is 1. The first-order valence-electron chi connectivity index (χ1n) is 5.02. The van der Waals surface area contributed by atoms with Gasteiger partial charge in [-0.2, -0.15) is 0 Å². The molecular weight excluding hydrogens is 189 g/mol. The summed E-state index contributed by atoms with van der Waals surface area (Å²) >= 11 is 0. The summed E-state index contributed by atoms with van der Waals surface area (Å²) in [5.74, 6) is 0. The molecule has 15 heavy (non-hydrogen) atoms. The number of halogens is 1. The average Bonchev–Trinajstić information content (AvgIpc) is 2.28. The molecule has 0 saturated carbocycles. The molecule has 0 heterocycles. The molecule has 0 aromatic heterocycles. The number of hydrogen-bond acceptors (Lipinski definition) is 1. The fraction of sp³-hybridized carbons (Fsp3) is 0.231. The Morgan fingerprint density at radius 2 is 1.80 bits per heavy atom. The average molecular weight is 203 g/mol. The largest absolute Gasteiger partial charge is 0.327 e. The van der Waals surface area contributed by atoms with Crippen molar-refractivity contribution in [1.29, 1.82) is 0 Å². The maximum atomic E-state index is 14.0. The summed E-state index contributed by atoms with van der Waals surface area (Å²) in [5.41, 5.74) is 4.61. The summed E-state index contributed by atoms with van der Waals surface area (Å²) in [5, 5.41) is 2.17. The van der Waals surface area contributed by atoms with Crippen LogP contribution in [-0.2, 0) is 5.67 Å². The van der Waals surface area contributed by atoms with Crippen LogP contribution in [0.4, 0.5) is 4.39 Å². The van der Waals surface area contributed by atoms with Crippen LogP contribution in [0.25, 0.3) is 10.8 Å². The van der Waals surface area contributed by atoms with Gasteiger partial charge in [-0.15, -0.1) is 0 Å². The van der Waals surface area contributed by atoms with Crippen molar-refractivity contribution in [3.05, 3.63) is 48.0 Å². The Labute approximate surface area is 88.7 Å². The van der Waals surface area contributed by atoms with E-state index in [1.807, 2.05) is 36.4 Å². The van der Waals surface area contributed by atoms with Gasteiger partial charge in [-0.3, -0.25) is 0 Å². The van der Waals surface area contributed by atoms with Crippen LogP contribution in [0.2, 0.25) is 0 Å². The minimum Gasteiger partial charge on any atom is -0.327 e. The van der Waals surface area contributed by atoms with Gasteiger partial charge in [0, 0.05) is 6.54 Å². The van der Waals surface area contributed by atoms with Crippen molar-refractivity contribution in [2.45, 2.75) is 12.6 Å². The lowest BCUT2D eigenvalue weighted by molar-refractivity contribution is 0.203. The lowest BCUT2D eigenvalue weighted by Crippen LogP contribution is -2.26. The van der Waals surface area contributed by atoms with Crippen LogP contribution in [-0.4, -0.2) is 6.54 Å². The van der Waals surface area contributed by atoms with Crippen LogP contribution < -0.4 is 5.73 Å². The maximum absolute atomic E-state index is 14.0. The maximum Gasteiger partial charge on any atom is 0.145 e. The zero-order valence-electron chi connectivity index (χ0n) is 8.70. The normalized spacial score (nSPS) is 15.1. The monoisotopic (exact) mass is 203 g/mol. The highest BCUT2D eigenvalue weighted by molar-refractivity contribution is 5.83. The van der Waals surface area contributed by atoms with Crippen molar-refractivity contribution >= 4 is 10.8 Å². The van der Waals surface area contributed by atoms with Gasteiger partial charge in [0.25, 0.3) is 0 Å². The molecule has 1 nitrogen and oxygen atoms in total. The fourth-order valence-electron chi connectivity index (χ4n) is 1.63. The van der Waals surface area contributed by atoms with Gasteiger partial charge in [0.2, 0.25) is 0 Å². The molecule has 2 rings (SSSR count). The van der Waals surface area contributed by atoms with Crippen LogP contribution in [0.15, 0.2) is 42.5 Å². The van der Waals surface area contributed by atoms with Gasteiger partial charge in [0.15, 0.2) is 0 Å². The van der Waals surface area contributed by atoms with E-state index < -0.39 is 5.67 Å². The Morgan fingerprint density at radius 3 is 2.47 bits per heavy atom. The molecule has 0 amide bonds. The molecule has 0 spiro atoms. The van der Waals surface area contributed by atoms with E-state index in [1.165, 1.54) is 6.92 Å². The van der Waals surface area contributed by atoms with E-state index >= 15 is 0 Å². The molecule has 2 heteroatoms. The van der Waals surface area contributed by atoms with Crippen molar-refractivity contribution in [2.75, 3.05) is 6.54 Å². The standard InChI is InChI=1S/C13H14FN/c1-13(14,9-15)12-7-6-10-4-2-3-5-11(10)8-12/h2-8H,9,15H2,1H3. The minimum atomic E-state index is -1.44. The fourth-order valence-corrected chi connectivity index (χ4v) is 1.63. The molecule has 0 bridgehead atoms. The molecule has 0 saturated heterocycles. The summed E-state index contributed by atoms with van der Waals surface area (Å²) in [6.07, 6.45) is 0. The minimum absolute atomic E-state index is 0.00530. The molecule has 2 aromatic carbocycles. The van der Waals surface area contributed by atoms with Crippen LogP contribution >= 0.6 is 0 Å². The Kier molecular flexibility index (Phi) is 2.45. The zero-order chi connectivity index (χ0) is 10.9.